The molecular weight excluding hydrogens is 348 g/mol. The number of hydrogen-bond donors (Lipinski definition) is 2. The van der Waals surface area contributed by atoms with Crippen molar-refractivity contribution in [2.24, 2.45) is 4.99 Å². The van der Waals surface area contributed by atoms with E-state index >= 15 is 0 Å². The van der Waals surface area contributed by atoms with Gasteiger partial charge in [-0.2, -0.15) is 0 Å². The van der Waals surface area contributed by atoms with E-state index in [4.69, 9.17) is 4.99 Å². The lowest BCUT2D eigenvalue weighted by Gasteiger charge is -2.23. The molecule has 1 amide bonds. The number of benzene rings is 2. The summed E-state index contributed by atoms with van der Waals surface area (Å²) in [4.78, 5) is 20.2. The zero-order chi connectivity index (χ0) is 19.3. The molecule has 4 rings (SSSR count). The van der Waals surface area contributed by atoms with Crippen molar-refractivity contribution in [1.82, 2.24) is 10.3 Å². The quantitative estimate of drug-likeness (QED) is 0.685. The molecule has 0 spiro atoms. The van der Waals surface area contributed by atoms with Crippen molar-refractivity contribution < 1.29 is 4.79 Å². The van der Waals surface area contributed by atoms with E-state index in [0.717, 1.165) is 29.8 Å². The van der Waals surface area contributed by atoms with Crippen LogP contribution in [0.15, 0.2) is 65.8 Å². The van der Waals surface area contributed by atoms with Crippen molar-refractivity contribution in [3.63, 3.8) is 0 Å². The number of carbonyl (C=O) groups is 1. The molecule has 0 aliphatic carbocycles. The Kier molecular flexibility index (Phi) is 5.26. The first-order valence-corrected chi connectivity index (χ1v) is 9.29. The van der Waals surface area contributed by atoms with Gasteiger partial charge >= 0.3 is 0 Å². The number of nitrogens with zero attached hydrogens (tertiary/aromatic N) is 2. The summed E-state index contributed by atoms with van der Waals surface area (Å²) >= 11 is 0. The highest BCUT2D eigenvalue weighted by atomic mass is 16.1. The smallest absolute Gasteiger partial charge is 0.222 e. The van der Waals surface area contributed by atoms with Crippen LogP contribution in [0.3, 0.4) is 0 Å². The third-order valence-corrected chi connectivity index (χ3v) is 4.69. The molecule has 139 valence electrons. The molecule has 1 radical (unpaired) electrons. The maximum absolute atomic E-state index is 11.3. The Morgan fingerprint density at radius 1 is 1.18 bits per heavy atom. The Hall–Kier alpha value is -3.31. The van der Waals surface area contributed by atoms with Crippen molar-refractivity contribution in [1.29, 1.82) is 0 Å². The summed E-state index contributed by atoms with van der Waals surface area (Å²) in [6, 6.07) is 21.6. The Labute approximate surface area is 164 Å². The van der Waals surface area contributed by atoms with Gasteiger partial charge in [-0.3, -0.25) is 9.79 Å². The number of pyridine rings is 1. The molecule has 1 aromatic heterocycles. The van der Waals surface area contributed by atoms with Crippen LogP contribution >= 0.6 is 0 Å². The molecule has 2 N–H and O–H groups in total. The minimum Gasteiger partial charge on any atom is -0.310 e. The highest BCUT2D eigenvalue weighted by Crippen LogP contribution is 2.30. The molecule has 5 heteroatoms. The van der Waals surface area contributed by atoms with Crippen LogP contribution in [0, 0.1) is 6.07 Å². The molecule has 0 bridgehead atoms. The predicted octanol–water partition coefficient (Wildman–Crippen LogP) is 3.92. The van der Waals surface area contributed by atoms with Crippen LogP contribution in [0.5, 0.6) is 0 Å². The lowest BCUT2D eigenvalue weighted by molar-refractivity contribution is -0.114. The normalized spacial score (nSPS) is 16.0. The lowest BCUT2D eigenvalue weighted by Crippen LogP contribution is -2.36. The average Bonchev–Trinajstić information content (AvgIpc) is 2.72. The van der Waals surface area contributed by atoms with Gasteiger partial charge in [-0.25, -0.2) is 4.98 Å². The number of amides is 1. The molecule has 2 aromatic carbocycles. The van der Waals surface area contributed by atoms with E-state index in [9.17, 15) is 4.79 Å². The van der Waals surface area contributed by atoms with Crippen LogP contribution in [0.4, 0.5) is 11.5 Å². The number of rotatable bonds is 4. The maximum atomic E-state index is 11.3. The van der Waals surface area contributed by atoms with Gasteiger partial charge in [-0.05, 0) is 35.2 Å². The van der Waals surface area contributed by atoms with Gasteiger partial charge in [0.05, 0.1) is 5.69 Å². The summed E-state index contributed by atoms with van der Waals surface area (Å²) in [6.45, 7) is 2.31. The molecule has 1 aliphatic rings. The van der Waals surface area contributed by atoms with E-state index in [-0.39, 0.29) is 11.9 Å². The first-order chi connectivity index (χ1) is 13.7. The molecule has 5 nitrogen and oxygen atoms in total. The SMILES string of the molecule is CC(=O)Nc1[c]c(-c2ccccc2N=C[C@@H]2Cc3ccccc3CN2)ccn1. The number of para-hydroxylation sites is 1. The topological polar surface area (TPSA) is 66.4 Å². The van der Waals surface area contributed by atoms with Crippen LogP contribution < -0.4 is 10.6 Å². The van der Waals surface area contributed by atoms with Crippen LogP contribution in [0.2, 0.25) is 0 Å². The fourth-order valence-corrected chi connectivity index (χ4v) is 3.34. The van der Waals surface area contributed by atoms with Gasteiger partial charge in [0.1, 0.15) is 5.82 Å². The van der Waals surface area contributed by atoms with Gasteiger partial charge < -0.3 is 10.6 Å². The number of aliphatic imine (C=N–C) groups is 1. The number of carbonyl (C=O) groups excluding carboxylic acids is 1. The number of hydrogen-bond acceptors (Lipinski definition) is 4. The zero-order valence-electron chi connectivity index (χ0n) is 15.6. The van der Waals surface area contributed by atoms with Crippen molar-refractivity contribution in [3.05, 3.63) is 78.0 Å². The van der Waals surface area contributed by atoms with Crippen LogP contribution in [-0.2, 0) is 17.8 Å². The van der Waals surface area contributed by atoms with Gasteiger partial charge in [0.15, 0.2) is 0 Å². The number of nitrogens with one attached hydrogen (secondary N) is 2. The highest BCUT2D eigenvalue weighted by Gasteiger charge is 2.15. The molecule has 0 saturated heterocycles. The minimum absolute atomic E-state index is 0.170. The molecule has 3 aromatic rings. The summed E-state index contributed by atoms with van der Waals surface area (Å²) < 4.78 is 0. The number of fused-ring (bicyclic) bond motifs is 1. The van der Waals surface area contributed by atoms with Crippen molar-refractivity contribution in [2.45, 2.75) is 25.9 Å². The minimum atomic E-state index is -0.170. The fraction of sp³-hybridized carbons (Fsp3) is 0.174. The number of aromatic nitrogens is 1. The van der Waals surface area contributed by atoms with Gasteiger partial charge in [0.25, 0.3) is 0 Å². The lowest BCUT2D eigenvalue weighted by atomic mass is 9.96. The van der Waals surface area contributed by atoms with E-state index in [1.54, 1.807) is 6.20 Å². The van der Waals surface area contributed by atoms with Gasteiger partial charge in [-0.15, -0.1) is 0 Å². The molecule has 1 atom stereocenters. The largest absolute Gasteiger partial charge is 0.310 e. The number of anilines is 1. The van der Waals surface area contributed by atoms with E-state index in [2.05, 4.69) is 45.9 Å². The Bertz CT molecular complexity index is 1030. The summed E-state index contributed by atoms with van der Waals surface area (Å²) in [5, 5.41) is 6.19. The molecule has 0 saturated carbocycles. The van der Waals surface area contributed by atoms with Gasteiger partial charge in [0.2, 0.25) is 5.91 Å². The monoisotopic (exact) mass is 369 g/mol. The second-order valence-corrected chi connectivity index (χ2v) is 6.77. The van der Waals surface area contributed by atoms with E-state index in [0.29, 0.717) is 5.82 Å². The first-order valence-electron chi connectivity index (χ1n) is 9.29. The summed E-state index contributed by atoms with van der Waals surface area (Å²) in [6.07, 6.45) is 4.57. The summed E-state index contributed by atoms with van der Waals surface area (Å²) in [7, 11) is 0. The van der Waals surface area contributed by atoms with Crippen molar-refractivity contribution in [2.75, 3.05) is 5.32 Å². The standard InChI is InChI=1S/C23H21N4O/c1-16(28)27-23-13-18(10-11-24-23)21-8-4-5-9-22(21)26-15-20-12-17-6-2-3-7-19(17)14-25-20/h2-11,15,20,25H,12,14H2,1H3,(H,24,27,28)/t20-/m0/s1. The zero-order valence-corrected chi connectivity index (χ0v) is 15.6. The van der Waals surface area contributed by atoms with E-state index in [1.165, 1.54) is 18.1 Å². The van der Waals surface area contributed by atoms with E-state index < -0.39 is 0 Å². The van der Waals surface area contributed by atoms with Crippen LogP contribution in [-0.4, -0.2) is 23.1 Å². The van der Waals surface area contributed by atoms with Crippen LogP contribution in [0.1, 0.15) is 18.1 Å². The highest BCUT2D eigenvalue weighted by molar-refractivity contribution is 5.88. The first kappa shape index (κ1) is 18.1. The Balaban J connectivity index is 1.57. The molecule has 0 fully saturated rings. The van der Waals surface area contributed by atoms with Gasteiger partial charge in [-0.1, -0.05) is 42.5 Å². The summed E-state index contributed by atoms with van der Waals surface area (Å²) in [5.41, 5.74) is 5.37. The predicted molar refractivity (Wildman–Crippen MR) is 112 cm³/mol. The third kappa shape index (κ3) is 4.15. The molecule has 1 aliphatic heterocycles. The van der Waals surface area contributed by atoms with Crippen molar-refractivity contribution >= 4 is 23.6 Å². The molecular formula is C23H21N4O. The maximum Gasteiger partial charge on any atom is 0.222 e. The fourth-order valence-electron chi connectivity index (χ4n) is 3.34. The molecule has 0 unspecified atom stereocenters. The van der Waals surface area contributed by atoms with Crippen molar-refractivity contribution in [3.8, 4) is 11.1 Å². The second-order valence-electron chi connectivity index (χ2n) is 6.77. The van der Waals surface area contributed by atoms with E-state index in [1.807, 2.05) is 36.5 Å². The van der Waals surface area contributed by atoms with Crippen LogP contribution in [0.25, 0.3) is 11.1 Å². The average molecular weight is 369 g/mol. The summed E-state index contributed by atoms with van der Waals surface area (Å²) in [5.74, 6) is 0.241. The molecule has 28 heavy (non-hydrogen) atoms. The Morgan fingerprint density at radius 3 is 2.82 bits per heavy atom. The molecule has 2 heterocycles. The van der Waals surface area contributed by atoms with Gasteiger partial charge in [0, 0.05) is 43.6 Å². The second kappa shape index (κ2) is 8.15. The third-order valence-electron chi connectivity index (χ3n) is 4.69. The Morgan fingerprint density at radius 2 is 1.96 bits per heavy atom.